The topological polar surface area (TPSA) is 56.0 Å². The lowest BCUT2D eigenvalue weighted by Crippen LogP contribution is -2.10. The average molecular weight is 381 g/mol. The Bertz CT molecular complexity index is 1180. The first kappa shape index (κ1) is 17.8. The van der Waals surface area contributed by atoms with Crippen molar-refractivity contribution in [3.8, 4) is 17.1 Å². The number of rotatable bonds is 3. The van der Waals surface area contributed by atoms with E-state index in [2.05, 4.69) is 20.1 Å². The van der Waals surface area contributed by atoms with Crippen LogP contribution in [0, 0.1) is 0 Å². The second kappa shape index (κ2) is 6.88. The standard InChI is InChI=1S/C20H14F3N5/c1-24-12-15-4-2-5-16(26-15)13-8-9-14-11-25-28(17(14)10-13)19-7-3-6-18(27-19)20(21,22)23/h2-12H,1H3/b24-12-. The molecule has 0 saturated carbocycles. The summed E-state index contributed by atoms with van der Waals surface area (Å²) in [4.78, 5) is 12.2. The van der Waals surface area contributed by atoms with Crippen molar-refractivity contribution in [1.82, 2.24) is 19.7 Å². The zero-order valence-electron chi connectivity index (χ0n) is 14.7. The number of hydrogen-bond acceptors (Lipinski definition) is 4. The number of pyridine rings is 2. The van der Waals surface area contributed by atoms with Gasteiger partial charge in [0.25, 0.3) is 0 Å². The molecule has 0 aliphatic heterocycles. The number of benzene rings is 1. The Kier molecular flexibility index (Phi) is 4.38. The second-order valence-corrected chi connectivity index (χ2v) is 6.04. The molecule has 0 N–H and O–H groups in total. The van der Waals surface area contributed by atoms with Gasteiger partial charge in [-0.1, -0.05) is 24.3 Å². The van der Waals surface area contributed by atoms with Crippen LogP contribution in [0.4, 0.5) is 13.2 Å². The van der Waals surface area contributed by atoms with E-state index >= 15 is 0 Å². The van der Waals surface area contributed by atoms with Crippen molar-refractivity contribution in [2.45, 2.75) is 6.18 Å². The first-order valence-corrected chi connectivity index (χ1v) is 8.38. The summed E-state index contributed by atoms with van der Waals surface area (Å²) in [5, 5.41) is 5.00. The molecule has 1 aromatic carbocycles. The number of fused-ring (bicyclic) bond motifs is 1. The Labute approximate surface area is 158 Å². The summed E-state index contributed by atoms with van der Waals surface area (Å²) in [6.07, 6.45) is -1.27. The molecule has 0 amide bonds. The van der Waals surface area contributed by atoms with Crippen molar-refractivity contribution < 1.29 is 13.2 Å². The van der Waals surface area contributed by atoms with Crippen molar-refractivity contribution in [1.29, 1.82) is 0 Å². The molecule has 0 atom stereocenters. The first-order chi connectivity index (χ1) is 13.5. The van der Waals surface area contributed by atoms with Gasteiger partial charge in [0.05, 0.1) is 23.1 Å². The molecule has 28 heavy (non-hydrogen) atoms. The fraction of sp³-hybridized carbons (Fsp3) is 0.100. The molecule has 0 bridgehead atoms. The molecule has 0 saturated heterocycles. The largest absolute Gasteiger partial charge is 0.433 e. The zero-order chi connectivity index (χ0) is 19.7. The van der Waals surface area contributed by atoms with Crippen molar-refractivity contribution in [3.63, 3.8) is 0 Å². The van der Waals surface area contributed by atoms with Crippen LogP contribution in [0.2, 0.25) is 0 Å². The van der Waals surface area contributed by atoms with Crippen LogP contribution >= 0.6 is 0 Å². The number of nitrogens with zero attached hydrogens (tertiary/aromatic N) is 5. The summed E-state index contributed by atoms with van der Waals surface area (Å²) in [6.45, 7) is 0. The maximum absolute atomic E-state index is 13.0. The molecule has 5 nitrogen and oxygen atoms in total. The van der Waals surface area contributed by atoms with Gasteiger partial charge in [-0.05, 0) is 30.3 Å². The molecule has 0 fully saturated rings. The number of aliphatic imine (C=N–C) groups is 1. The van der Waals surface area contributed by atoms with Crippen molar-refractivity contribution in [3.05, 3.63) is 72.2 Å². The van der Waals surface area contributed by atoms with Gasteiger partial charge in [-0.3, -0.25) is 4.99 Å². The fourth-order valence-electron chi connectivity index (χ4n) is 2.88. The lowest BCUT2D eigenvalue weighted by Gasteiger charge is -2.09. The van der Waals surface area contributed by atoms with E-state index in [1.54, 1.807) is 19.5 Å². The molecule has 0 aliphatic carbocycles. The molecule has 4 aromatic rings. The quantitative estimate of drug-likeness (QED) is 0.489. The molecule has 3 heterocycles. The molecule has 4 rings (SSSR count). The zero-order valence-corrected chi connectivity index (χ0v) is 14.7. The highest BCUT2D eigenvalue weighted by atomic mass is 19.4. The van der Waals surface area contributed by atoms with Crippen LogP contribution in [0.25, 0.3) is 28.0 Å². The van der Waals surface area contributed by atoms with E-state index in [4.69, 9.17) is 0 Å². The molecule has 8 heteroatoms. The van der Waals surface area contributed by atoms with Crippen LogP contribution in [0.5, 0.6) is 0 Å². The third-order valence-corrected chi connectivity index (χ3v) is 4.14. The van der Waals surface area contributed by atoms with E-state index in [0.29, 0.717) is 11.2 Å². The maximum atomic E-state index is 13.0. The van der Waals surface area contributed by atoms with Crippen LogP contribution in [-0.4, -0.2) is 33.0 Å². The minimum Gasteiger partial charge on any atom is -0.294 e. The highest BCUT2D eigenvalue weighted by Crippen LogP contribution is 2.29. The third-order valence-electron chi connectivity index (χ3n) is 4.14. The summed E-state index contributed by atoms with van der Waals surface area (Å²) in [5.74, 6) is 0.0989. The van der Waals surface area contributed by atoms with Gasteiger partial charge in [0.2, 0.25) is 0 Å². The van der Waals surface area contributed by atoms with E-state index < -0.39 is 11.9 Å². The number of aromatic nitrogens is 4. The van der Waals surface area contributed by atoms with Crippen molar-refractivity contribution in [2.75, 3.05) is 7.05 Å². The maximum Gasteiger partial charge on any atom is 0.433 e. The Morgan fingerprint density at radius 3 is 2.61 bits per heavy atom. The second-order valence-electron chi connectivity index (χ2n) is 6.04. The first-order valence-electron chi connectivity index (χ1n) is 8.38. The smallest absolute Gasteiger partial charge is 0.294 e. The lowest BCUT2D eigenvalue weighted by molar-refractivity contribution is -0.141. The molecule has 140 valence electrons. The number of alkyl halides is 3. The van der Waals surface area contributed by atoms with Gasteiger partial charge in [-0.25, -0.2) is 14.6 Å². The molecular weight excluding hydrogens is 367 g/mol. The average Bonchev–Trinajstić information content (AvgIpc) is 3.11. The Morgan fingerprint density at radius 2 is 1.82 bits per heavy atom. The van der Waals surface area contributed by atoms with Gasteiger partial charge in [0, 0.05) is 24.2 Å². The molecule has 0 spiro atoms. The van der Waals surface area contributed by atoms with Gasteiger partial charge in [0.1, 0.15) is 5.69 Å². The van der Waals surface area contributed by atoms with Crippen molar-refractivity contribution in [2.24, 2.45) is 4.99 Å². The lowest BCUT2D eigenvalue weighted by atomic mass is 10.1. The molecule has 0 unspecified atom stereocenters. The third kappa shape index (κ3) is 3.36. The van der Waals surface area contributed by atoms with Crippen LogP contribution < -0.4 is 0 Å². The van der Waals surface area contributed by atoms with Gasteiger partial charge < -0.3 is 0 Å². The summed E-state index contributed by atoms with van der Waals surface area (Å²) in [5.41, 5.74) is 1.93. The van der Waals surface area contributed by atoms with E-state index in [0.717, 1.165) is 22.7 Å². The predicted octanol–water partition coefficient (Wildman–Crippen LogP) is 4.55. The molecule has 0 radical (unpaired) electrons. The van der Waals surface area contributed by atoms with E-state index in [-0.39, 0.29) is 5.82 Å². The minimum atomic E-state index is -4.52. The molecule has 0 aliphatic rings. The summed E-state index contributed by atoms with van der Waals surface area (Å²) >= 11 is 0. The van der Waals surface area contributed by atoms with Gasteiger partial charge >= 0.3 is 6.18 Å². The molecule has 3 aromatic heterocycles. The van der Waals surface area contributed by atoms with Crippen LogP contribution in [-0.2, 0) is 6.18 Å². The summed E-state index contributed by atoms with van der Waals surface area (Å²) in [6, 6.07) is 14.9. The number of hydrogen-bond donors (Lipinski definition) is 0. The SMILES string of the molecule is C/N=C\c1cccc(-c2ccc3cnn(-c4cccc(C(F)(F)F)n4)c3c2)n1. The highest BCUT2D eigenvalue weighted by Gasteiger charge is 2.32. The fourth-order valence-corrected chi connectivity index (χ4v) is 2.88. The Hall–Kier alpha value is -3.55. The van der Waals surface area contributed by atoms with Crippen LogP contribution in [0.3, 0.4) is 0 Å². The van der Waals surface area contributed by atoms with E-state index in [1.165, 1.54) is 16.8 Å². The normalized spacial score (nSPS) is 12.1. The van der Waals surface area contributed by atoms with Crippen molar-refractivity contribution >= 4 is 17.1 Å². The summed E-state index contributed by atoms with van der Waals surface area (Å²) < 4.78 is 40.4. The predicted molar refractivity (Wildman–Crippen MR) is 101 cm³/mol. The highest BCUT2D eigenvalue weighted by molar-refractivity contribution is 5.85. The number of halogens is 3. The monoisotopic (exact) mass is 381 g/mol. The van der Waals surface area contributed by atoms with Crippen LogP contribution in [0.1, 0.15) is 11.4 Å². The van der Waals surface area contributed by atoms with Gasteiger partial charge in [-0.2, -0.15) is 18.3 Å². The Balaban J connectivity index is 1.82. The van der Waals surface area contributed by atoms with Gasteiger partial charge in [-0.15, -0.1) is 0 Å². The van der Waals surface area contributed by atoms with Crippen LogP contribution in [0.15, 0.2) is 65.8 Å². The van der Waals surface area contributed by atoms with Gasteiger partial charge in [0.15, 0.2) is 5.82 Å². The van der Waals surface area contributed by atoms with E-state index in [1.807, 2.05) is 36.4 Å². The Morgan fingerprint density at radius 1 is 1.00 bits per heavy atom. The minimum absolute atomic E-state index is 0.0989. The summed E-state index contributed by atoms with van der Waals surface area (Å²) in [7, 11) is 1.67. The van der Waals surface area contributed by atoms with E-state index in [9.17, 15) is 13.2 Å². The molecular formula is C20H14F3N5.